The van der Waals surface area contributed by atoms with Crippen LogP contribution in [0.5, 0.6) is 0 Å². The fourth-order valence-electron chi connectivity index (χ4n) is 12.6. The van der Waals surface area contributed by atoms with Gasteiger partial charge in [0.2, 0.25) is 59.1 Å². The van der Waals surface area contributed by atoms with Crippen molar-refractivity contribution in [1.29, 1.82) is 0 Å². The van der Waals surface area contributed by atoms with Crippen molar-refractivity contribution in [2.24, 2.45) is 46.2 Å². The number of imidazole rings is 1. The van der Waals surface area contributed by atoms with Crippen molar-refractivity contribution in [1.82, 2.24) is 52.1 Å². The third-order valence-corrected chi connectivity index (χ3v) is 23.4. The van der Waals surface area contributed by atoms with Crippen molar-refractivity contribution in [3.8, 4) is 0 Å². The molecule has 10 atom stereocenters. The second-order valence-corrected chi connectivity index (χ2v) is 32.0. The number of aromatic amines is 1. The highest BCUT2D eigenvalue weighted by Gasteiger charge is 2.45. The summed E-state index contributed by atoms with van der Waals surface area (Å²) in [6, 6.07) is 30.3. The van der Waals surface area contributed by atoms with Gasteiger partial charge in [-0.1, -0.05) is 120 Å². The number of carbonyl (C=O) groups excluding carboxylic acids is 12. The number of fused-ring (bicyclic) bond motifs is 1. The summed E-state index contributed by atoms with van der Waals surface area (Å²) in [6.45, 7) is 9.15. The number of H-pyrrole nitrogens is 1. The van der Waals surface area contributed by atoms with Gasteiger partial charge < -0.3 is 86.6 Å². The van der Waals surface area contributed by atoms with E-state index >= 15 is 0 Å². The normalized spacial score (nSPS) is 21.5. The van der Waals surface area contributed by atoms with Crippen molar-refractivity contribution in [3.05, 3.63) is 196 Å². The number of aliphatic carboxylic acids is 1. The van der Waals surface area contributed by atoms with E-state index in [1.54, 1.807) is 120 Å². The molecule has 588 valence electrons. The molecule has 0 spiro atoms. The summed E-state index contributed by atoms with van der Waals surface area (Å²) < 4.78 is -2.13. The molecule has 3 heterocycles. The van der Waals surface area contributed by atoms with E-state index in [9.17, 15) is 67.4 Å². The largest absolute Gasteiger partial charge is 0.480 e. The Morgan fingerprint density at radius 2 is 1.09 bits per heavy atom. The highest BCUT2D eigenvalue weighted by molar-refractivity contribution is 8.77. The summed E-state index contributed by atoms with van der Waals surface area (Å²) in [6.07, 6.45) is 6.29. The standard InChI is InChI=1S/C32H41N5O7S2.C23H35N7O5.C23H24N4O2/c1-31(2)24(36-28(41)23(33)15-19-10-12-20(13-11-19)26(34)39)29(42)35-17-22(38)16-21(14-18-8-6-5-7-9-18)27(40)37-25(30(43)44)32(3,4)46-45-31;1-3-17-22(34)26-9-11-30(2)10-8-18(23(35)27-13-19(31)28-17)29-21(33)16(24)12-14-4-6-15(7-5-14)20(25)32;24-20(11-14-5-7-15(8-6-14)22(25)29)21(28)18-12-16-3-1-2-4-17(16)13-19(18)23-26-9-10-27-23/h5-13,21,23-25H,14-17,33H2,1-4H3,(H2,34,39)(H,35,42)(H,36,41)(H,37,40)(H,43,44);4-7,16-18H,3,8-13,24H2,1-2H3,(H2,25,32)(H,26,34)(H,27,35)(H,28,31)(H,29,33);1-10,18-20H,11-13,24H2,(H2,25,29)(H,26,27)/t21-,23?,24?,25?;16?,17-,18+;18-,19?,20?/m100/s1. The molecule has 32 heteroatoms. The molecular weight excluding hydrogens is 1450 g/mol. The van der Waals surface area contributed by atoms with Gasteiger partial charge in [-0.15, -0.1) is 0 Å². The SMILES string of the molecule is CC1(C)SSC(C)(C)C(NC(=O)C(N)Cc2ccc(C(N)=O)cc2)C(=O)NCC(=O)C[C@@H](Cc2ccccc2)C(=O)NC1C(=O)O.CC[C@@H]1NC(=O)CNC(=O)[C@H](NC(=O)C(N)Cc2ccc(C(N)=O)cc2)CCN(C)CCNC1=O.NC(=O)c1ccc(CC(N)C(=O)[C@H]2Cc3ccccc3CC2c2ncc[nH]2)cc1. The van der Waals surface area contributed by atoms with Crippen LogP contribution >= 0.6 is 21.6 Å². The Hall–Kier alpha value is -10.6. The number of carboxylic acids is 1. The first-order chi connectivity index (χ1) is 52.1. The van der Waals surface area contributed by atoms with Crippen LogP contribution in [0.4, 0.5) is 0 Å². The molecule has 110 heavy (non-hydrogen) atoms. The van der Waals surface area contributed by atoms with Crippen LogP contribution in [0, 0.1) is 11.8 Å². The van der Waals surface area contributed by atoms with Crippen LogP contribution in [0.15, 0.2) is 140 Å². The van der Waals surface area contributed by atoms with Gasteiger partial charge >= 0.3 is 5.97 Å². The topological polar surface area (TPSA) is 514 Å². The molecule has 5 aromatic carbocycles. The molecule has 30 nitrogen and oxygen atoms in total. The molecule has 0 radical (unpaired) electrons. The zero-order chi connectivity index (χ0) is 80.6. The quantitative estimate of drug-likeness (QED) is 0.0480. The second kappa shape index (κ2) is 40.7. The van der Waals surface area contributed by atoms with Crippen LogP contribution < -0.4 is 71.6 Å². The minimum Gasteiger partial charge on any atom is -0.480 e. The van der Waals surface area contributed by atoms with Crippen molar-refractivity contribution in [3.63, 3.8) is 0 Å². The number of nitrogens with two attached hydrogens (primary N) is 6. The molecular formula is C78H100N16O14S2. The maximum atomic E-state index is 13.6. The first kappa shape index (κ1) is 86.6. The van der Waals surface area contributed by atoms with Crippen LogP contribution in [0.2, 0.25) is 0 Å². The van der Waals surface area contributed by atoms with Gasteiger partial charge in [0.15, 0.2) is 11.6 Å². The maximum Gasteiger partial charge on any atom is 0.327 e. The van der Waals surface area contributed by atoms with Crippen molar-refractivity contribution < 1.29 is 67.4 Å². The molecule has 1 aromatic heterocycles. The highest BCUT2D eigenvalue weighted by Crippen LogP contribution is 2.47. The van der Waals surface area contributed by atoms with Crippen LogP contribution in [0.1, 0.15) is 130 Å². The van der Waals surface area contributed by atoms with Crippen LogP contribution in [-0.4, -0.2) is 188 Å². The molecule has 2 saturated heterocycles. The number of hydrogen-bond donors (Lipinski definition) is 15. The van der Waals surface area contributed by atoms with Crippen LogP contribution in [-0.2, 0) is 86.5 Å². The average Bonchev–Trinajstić information content (AvgIpc) is 1.31. The third-order valence-electron chi connectivity index (χ3n) is 19.1. The molecule has 2 aliphatic heterocycles. The summed E-state index contributed by atoms with van der Waals surface area (Å²) in [5.41, 5.74) is 41.1. The molecule has 6 unspecified atom stereocenters. The monoisotopic (exact) mass is 1550 g/mol. The summed E-state index contributed by atoms with van der Waals surface area (Å²) in [5.74, 6) is -7.20. The minimum atomic E-state index is -1.33. The molecule has 9 rings (SSSR count). The van der Waals surface area contributed by atoms with Crippen LogP contribution in [0.25, 0.3) is 0 Å². The van der Waals surface area contributed by atoms with Crippen molar-refractivity contribution in [2.45, 2.75) is 150 Å². The van der Waals surface area contributed by atoms with Crippen LogP contribution in [0.3, 0.4) is 0 Å². The molecule has 0 bridgehead atoms. The summed E-state index contributed by atoms with van der Waals surface area (Å²) in [4.78, 5) is 172. The lowest BCUT2D eigenvalue weighted by molar-refractivity contribution is -0.143. The number of likely N-dealkylation sites (N-methyl/N-ethyl adjacent to an activating group) is 1. The van der Waals surface area contributed by atoms with Gasteiger partial charge in [-0.05, 0) is 156 Å². The van der Waals surface area contributed by atoms with E-state index in [0.29, 0.717) is 61.2 Å². The van der Waals surface area contributed by atoms with E-state index in [0.717, 1.165) is 39.7 Å². The zero-order valence-electron chi connectivity index (χ0n) is 62.4. The Bertz CT molecular complexity index is 4230. The Labute approximate surface area is 646 Å². The Morgan fingerprint density at radius 1 is 0.582 bits per heavy atom. The van der Waals surface area contributed by atoms with E-state index in [4.69, 9.17) is 34.4 Å². The maximum absolute atomic E-state index is 13.6. The number of aromatic nitrogens is 2. The minimum absolute atomic E-state index is 0.0179. The number of Topliss-reactive ketones (excluding diaryl/α,β-unsaturated/α-hetero) is 2. The summed E-state index contributed by atoms with van der Waals surface area (Å²) in [7, 11) is 4.17. The number of carbonyl (C=O) groups is 13. The fourth-order valence-corrected chi connectivity index (χ4v) is 15.4. The number of benzene rings is 5. The number of nitrogens with one attached hydrogen (secondary N) is 8. The number of amides is 10. The first-order valence-electron chi connectivity index (χ1n) is 36.0. The summed E-state index contributed by atoms with van der Waals surface area (Å²) >= 11 is 0. The molecule has 6 aromatic rings. The lowest BCUT2D eigenvalue weighted by Crippen LogP contribution is -2.60. The number of hydrogen-bond acceptors (Lipinski definition) is 20. The first-order valence-corrected chi connectivity index (χ1v) is 38.2. The van der Waals surface area contributed by atoms with E-state index < -0.39 is 129 Å². The molecule has 10 amide bonds. The zero-order valence-corrected chi connectivity index (χ0v) is 64.0. The van der Waals surface area contributed by atoms with Gasteiger partial charge in [-0.2, -0.15) is 0 Å². The molecule has 0 saturated carbocycles. The van der Waals surface area contributed by atoms with Gasteiger partial charge in [0.05, 0.1) is 36.0 Å². The molecule has 3 aliphatic rings. The van der Waals surface area contributed by atoms with Gasteiger partial charge in [-0.3, -0.25) is 57.5 Å². The number of carboxylic acid groups (broad SMARTS) is 1. The van der Waals surface area contributed by atoms with E-state index in [-0.39, 0.29) is 62.2 Å². The summed E-state index contributed by atoms with van der Waals surface area (Å²) in [5, 5.41) is 28.7. The Balaban J connectivity index is 0.000000236. The lowest BCUT2D eigenvalue weighted by atomic mass is 9.72. The number of rotatable bonds is 20. The molecule has 21 N–H and O–H groups in total. The van der Waals surface area contributed by atoms with Gasteiger partial charge in [0.1, 0.15) is 30.0 Å². The van der Waals surface area contributed by atoms with Gasteiger partial charge in [0.25, 0.3) is 0 Å². The highest BCUT2D eigenvalue weighted by atomic mass is 33.1. The van der Waals surface area contributed by atoms with E-state index in [1.807, 2.05) is 42.3 Å². The Kier molecular flexibility index (Phi) is 32.0. The smallest absolute Gasteiger partial charge is 0.327 e. The van der Waals surface area contributed by atoms with E-state index in [1.165, 1.54) is 34.1 Å². The molecule has 2 fully saturated rings. The number of ketones is 2. The third kappa shape index (κ3) is 25.8. The predicted molar refractivity (Wildman–Crippen MR) is 417 cm³/mol. The van der Waals surface area contributed by atoms with Gasteiger partial charge in [-0.25, -0.2) is 9.78 Å². The van der Waals surface area contributed by atoms with E-state index in [2.05, 4.69) is 59.3 Å². The number of primary amides is 3. The van der Waals surface area contributed by atoms with Crippen molar-refractivity contribution >= 4 is 98.2 Å². The molecule has 1 aliphatic carbocycles. The predicted octanol–water partition coefficient (Wildman–Crippen LogP) is 1.35. The fraction of sp³-hybridized carbons (Fsp3) is 0.410. The second-order valence-electron chi connectivity index (χ2n) is 28.5. The average molecular weight is 1550 g/mol. The van der Waals surface area contributed by atoms with Gasteiger partial charge in [0, 0.05) is 77.6 Å². The lowest BCUT2D eigenvalue weighted by Gasteiger charge is -2.38. The number of nitrogens with zero attached hydrogens (tertiary/aromatic N) is 2. The Morgan fingerprint density at radius 3 is 1.61 bits per heavy atom. The van der Waals surface area contributed by atoms with Crippen molar-refractivity contribution in [2.75, 3.05) is 39.8 Å².